The molecule has 0 heterocycles. The van der Waals surface area contributed by atoms with Gasteiger partial charge in [-0.1, -0.05) is 0 Å². The molecule has 5 N–H and O–H groups in total. The molecule has 0 saturated heterocycles. The third-order valence-electron chi connectivity index (χ3n) is 2.28. The van der Waals surface area contributed by atoms with Crippen LogP contribution in [0.15, 0.2) is 24.3 Å². The Kier molecular flexibility index (Phi) is 5.34. The number of anilines is 1. The largest absolute Gasteiger partial charge is 0.478 e. The zero-order valence-electron chi connectivity index (χ0n) is 10.2. The molecule has 0 aliphatic carbocycles. The highest BCUT2D eigenvalue weighted by molar-refractivity contribution is 5.91. The van der Waals surface area contributed by atoms with Gasteiger partial charge in [-0.25, -0.2) is 9.59 Å². The van der Waals surface area contributed by atoms with E-state index in [1.807, 2.05) is 0 Å². The Labute approximate surface area is 109 Å². The Bertz CT molecular complexity index is 470. The normalized spacial score (nSPS) is 9.68. The number of hydrogen-bond donors (Lipinski definition) is 4. The Balaban J connectivity index is 2.35. The average Bonchev–Trinajstić information content (AvgIpc) is 2.35. The predicted molar refractivity (Wildman–Crippen MR) is 68.9 cm³/mol. The van der Waals surface area contributed by atoms with Crippen molar-refractivity contribution in [1.29, 1.82) is 0 Å². The quantitative estimate of drug-likeness (QED) is 0.567. The van der Waals surface area contributed by atoms with Crippen LogP contribution in [0.5, 0.6) is 0 Å². The van der Waals surface area contributed by atoms with Gasteiger partial charge in [0.25, 0.3) is 0 Å². The molecule has 0 aliphatic rings. The van der Waals surface area contributed by atoms with Crippen molar-refractivity contribution in [3.63, 3.8) is 0 Å². The van der Waals surface area contributed by atoms with Crippen LogP contribution in [-0.4, -0.2) is 29.6 Å². The lowest BCUT2D eigenvalue weighted by molar-refractivity contribution is -0.118. The van der Waals surface area contributed by atoms with E-state index in [4.69, 9.17) is 10.8 Å². The van der Waals surface area contributed by atoms with Crippen molar-refractivity contribution >= 4 is 23.6 Å². The molecule has 0 unspecified atom stereocenters. The van der Waals surface area contributed by atoms with Crippen molar-refractivity contribution < 1.29 is 19.5 Å². The molecule has 1 aromatic carbocycles. The highest BCUT2D eigenvalue weighted by atomic mass is 16.4. The summed E-state index contributed by atoms with van der Waals surface area (Å²) in [6, 6.07) is 5.35. The molecule has 3 amide bonds. The lowest BCUT2D eigenvalue weighted by Gasteiger charge is -2.07. The van der Waals surface area contributed by atoms with Gasteiger partial charge in [0.15, 0.2) is 0 Å². The number of hydrogen-bond acceptors (Lipinski definition) is 3. The average molecular weight is 265 g/mol. The van der Waals surface area contributed by atoms with Crippen molar-refractivity contribution in [2.24, 2.45) is 5.73 Å². The molecule has 1 aromatic rings. The summed E-state index contributed by atoms with van der Waals surface area (Å²) in [7, 11) is 0. The predicted octanol–water partition coefficient (Wildman–Crippen LogP) is 0.772. The van der Waals surface area contributed by atoms with Gasteiger partial charge >= 0.3 is 12.0 Å². The van der Waals surface area contributed by atoms with Gasteiger partial charge in [-0.2, -0.15) is 0 Å². The number of carboxylic acids is 1. The van der Waals surface area contributed by atoms with Gasteiger partial charge < -0.3 is 21.5 Å². The van der Waals surface area contributed by atoms with Crippen molar-refractivity contribution in [3.05, 3.63) is 29.8 Å². The van der Waals surface area contributed by atoms with Crippen LogP contribution in [0.4, 0.5) is 10.5 Å². The molecule has 0 spiro atoms. The molecule has 1 rings (SSSR count). The SMILES string of the molecule is NC(=O)CCCNC(=O)Nc1ccc(C(=O)O)cc1. The Hall–Kier alpha value is -2.57. The van der Waals surface area contributed by atoms with E-state index in [0.717, 1.165) is 0 Å². The number of amides is 3. The van der Waals surface area contributed by atoms with Gasteiger partial charge in [0, 0.05) is 18.7 Å². The molecule has 0 aromatic heterocycles. The summed E-state index contributed by atoms with van der Waals surface area (Å²) in [6.45, 7) is 0.335. The molecular weight excluding hydrogens is 250 g/mol. The fraction of sp³-hybridized carbons (Fsp3) is 0.250. The summed E-state index contributed by atoms with van der Waals surface area (Å²) in [5, 5.41) is 13.8. The second kappa shape index (κ2) is 7.00. The second-order valence-corrected chi connectivity index (χ2v) is 3.83. The van der Waals surface area contributed by atoms with Crippen molar-refractivity contribution in [2.75, 3.05) is 11.9 Å². The molecule has 0 atom stereocenters. The summed E-state index contributed by atoms with van der Waals surface area (Å²) in [4.78, 5) is 32.5. The number of aromatic carboxylic acids is 1. The fourth-order valence-corrected chi connectivity index (χ4v) is 1.34. The Morgan fingerprint density at radius 1 is 1.16 bits per heavy atom. The summed E-state index contributed by atoms with van der Waals surface area (Å²) in [6.07, 6.45) is 0.689. The van der Waals surface area contributed by atoms with E-state index in [-0.39, 0.29) is 12.0 Å². The minimum absolute atomic E-state index is 0.146. The maximum Gasteiger partial charge on any atom is 0.335 e. The summed E-state index contributed by atoms with van der Waals surface area (Å²) in [5.41, 5.74) is 5.59. The molecule has 0 aliphatic heterocycles. The number of benzene rings is 1. The smallest absolute Gasteiger partial charge is 0.335 e. The molecule has 7 heteroatoms. The fourth-order valence-electron chi connectivity index (χ4n) is 1.34. The first-order chi connectivity index (χ1) is 8.99. The Morgan fingerprint density at radius 3 is 2.32 bits per heavy atom. The third-order valence-corrected chi connectivity index (χ3v) is 2.28. The van der Waals surface area contributed by atoms with Crippen molar-refractivity contribution in [1.82, 2.24) is 5.32 Å². The van der Waals surface area contributed by atoms with Crippen LogP contribution in [0.25, 0.3) is 0 Å². The molecule has 0 fully saturated rings. The standard InChI is InChI=1S/C12H15N3O4/c13-10(16)2-1-7-14-12(19)15-9-5-3-8(4-6-9)11(17)18/h3-6H,1-2,7H2,(H2,13,16)(H,17,18)(H2,14,15,19). The van der Waals surface area contributed by atoms with E-state index in [2.05, 4.69) is 10.6 Å². The van der Waals surface area contributed by atoms with Crippen LogP contribution in [0, 0.1) is 0 Å². The number of nitrogens with one attached hydrogen (secondary N) is 2. The van der Waals surface area contributed by atoms with Crippen LogP contribution < -0.4 is 16.4 Å². The molecule has 7 nitrogen and oxygen atoms in total. The highest BCUT2D eigenvalue weighted by Gasteiger charge is 2.04. The van der Waals surface area contributed by atoms with Gasteiger partial charge in [-0.05, 0) is 30.7 Å². The lowest BCUT2D eigenvalue weighted by atomic mass is 10.2. The number of carbonyl (C=O) groups excluding carboxylic acids is 2. The van der Waals surface area contributed by atoms with Gasteiger partial charge in [-0.3, -0.25) is 4.79 Å². The molecular formula is C12H15N3O4. The zero-order valence-corrected chi connectivity index (χ0v) is 10.2. The maximum absolute atomic E-state index is 11.4. The van der Waals surface area contributed by atoms with E-state index in [1.54, 1.807) is 0 Å². The third kappa shape index (κ3) is 5.53. The lowest BCUT2D eigenvalue weighted by Crippen LogP contribution is -2.30. The van der Waals surface area contributed by atoms with E-state index in [1.165, 1.54) is 24.3 Å². The monoisotopic (exact) mass is 265 g/mol. The first-order valence-corrected chi connectivity index (χ1v) is 5.65. The van der Waals surface area contributed by atoms with Gasteiger partial charge in [-0.15, -0.1) is 0 Å². The van der Waals surface area contributed by atoms with Crippen molar-refractivity contribution in [3.8, 4) is 0 Å². The Morgan fingerprint density at radius 2 is 1.79 bits per heavy atom. The number of carboxylic acid groups (broad SMARTS) is 1. The summed E-state index contributed by atoms with van der Waals surface area (Å²) < 4.78 is 0. The first kappa shape index (κ1) is 14.5. The second-order valence-electron chi connectivity index (χ2n) is 3.83. The van der Waals surface area contributed by atoms with E-state index < -0.39 is 17.9 Å². The maximum atomic E-state index is 11.4. The molecule has 102 valence electrons. The van der Waals surface area contributed by atoms with Gasteiger partial charge in [0.05, 0.1) is 5.56 Å². The minimum atomic E-state index is -1.03. The summed E-state index contributed by atoms with van der Waals surface area (Å²) in [5.74, 6) is -1.44. The van der Waals surface area contributed by atoms with Crippen LogP contribution in [0.2, 0.25) is 0 Å². The van der Waals surface area contributed by atoms with E-state index in [0.29, 0.717) is 18.7 Å². The molecule has 19 heavy (non-hydrogen) atoms. The van der Waals surface area contributed by atoms with E-state index >= 15 is 0 Å². The van der Waals surface area contributed by atoms with Gasteiger partial charge in [0.2, 0.25) is 5.91 Å². The minimum Gasteiger partial charge on any atom is -0.478 e. The molecule has 0 saturated carbocycles. The number of carbonyl (C=O) groups is 3. The van der Waals surface area contributed by atoms with Crippen LogP contribution in [0.3, 0.4) is 0 Å². The number of nitrogens with two attached hydrogens (primary N) is 1. The molecule has 0 radical (unpaired) electrons. The van der Waals surface area contributed by atoms with Crippen molar-refractivity contribution in [2.45, 2.75) is 12.8 Å². The van der Waals surface area contributed by atoms with Crippen LogP contribution in [-0.2, 0) is 4.79 Å². The van der Waals surface area contributed by atoms with Gasteiger partial charge in [0.1, 0.15) is 0 Å². The van der Waals surface area contributed by atoms with Crippen LogP contribution in [0.1, 0.15) is 23.2 Å². The highest BCUT2D eigenvalue weighted by Crippen LogP contribution is 2.09. The first-order valence-electron chi connectivity index (χ1n) is 5.65. The zero-order chi connectivity index (χ0) is 14.3. The number of primary amides is 1. The van der Waals surface area contributed by atoms with E-state index in [9.17, 15) is 14.4 Å². The van der Waals surface area contributed by atoms with Crippen LogP contribution >= 0.6 is 0 Å². The molecule has 0 bridgehead atoms. The number of urea groups is 1. The topological polar surface area (TPSA) is 122 Å². The number of rotatable bonds is 6. The summed E-state index contributed by atoms with van der Waals surface area (Å²) >= 11 is 0.